The molecule has 0 bridgehead atoms. The molecule has 0 aliphatic carbocycles. The Morgan fingerprint density at radius 3 is 2.21 bits per heavy atom. The van der Waals surface area contributed by atoms with Crippen LogP contribution >= 0.6 is 0 Å². The summed E-state index contributed by atoms with van der Waals surface area (Å²) >= 11 is 0. The number of ether oxygens (including phenoxy) is 1. The summed E-state index contributed by atoms with van der Waals surface area (Å²) < 4.78 is 4.86. The molecule has 1 aromatic carbocycles. The van der Waals surface area contributed by atoms with Crippen LogP contribution in [-0.4, -0.2) is 27.8 Å². The van der Waals surface area contributed by atoms with E-state index in [1.54, 1.807) is 6.92 Å². The van der Waals surface area contributed by atoms with Gasteiger partial charge >= 0.3 is 0 Å². The first-order valence-corrected chi connectivity index (χ1v) is 4.03. The molecular weight excluding hydrogens is 186 g/mol. The van der Waals surface area contributed by atoms with E-state index in [2.05, 4.69) is 0 Å². The Balaban J connectivity index is 3.06. The number of aromatic hydroxyl groups is 3. The van der Waals surface area contributed by atoms with E-state index in [-0.39, 0.29) is 11.5 Å². The second-order valence-corrected chi connectivity index (χ2v) is 2.63. The highest BCUT2D eigenvalue weighted by molar-refractivity contribution is 5.93. The Bertz CT molecular complexity index is 339. The molecule has 14 heavy (non-hydrogen) atoms. The van der Waals surface area contributed by atoms with Gasteiger partial charge in [-0.05, 0) is 19.1 Å². The molecular formula is C9H11NO4. The van der Waals surface area contributed by atoms with Crippen molar-refractivity contribution in [3.05, 3.63) is 17.7 Å². The normalized spacial score (nSPS) is 9.79. The highest BCUT2D eigenvalue weighted by Crippen LogP contribution is 2.35. The maximum atomic E-state index is 9.14. The molecule has 0 saturated carbocycles. The second-order valence-electron chi connectivity index (χ2n) is 2.63. The molecule has 0 heterocycles. The van der Waals surface area contributed by atoms with Crippen molar-refractivity contribution in [1.82, 2.24) is 0 Å². The fourth-order valence-corrected chi connectivity index (χ4v) is 0.963. The summed E-state index contributed by atoms with van der Waals surface area (Å²) in [4.78, 5) is 0. The quantitative estimate of drug-likeness (QED) is 0.325. The molecule has 0 unspecified atom stereocenters. The maximum absolute atomic E-state index is 9.14. The monoisotopic (exact) mass is 197 g/mol. The van der Waals surface area contributed by atoms with Crippen molar-refractivity contribution in [3.8, 4) is 17.2 Å². The predicted molar refractivity (Wildman–Crippen MR) is 49.9 cm³/mol. The molecule has 0 aromatic heterocycles. The van der Waals surface area contributed by atoms with Gasteiger partial charge in [0, 0.05) is 5.56 Å². The lowest BCUT2D eigenvalue weighted by molar-refractivity contribution is 0.324. The summed E-state index contributed by atoms with van der Waals surface area (Å²) in [5.41, 5.74) is 0.208. The van der Waals surface area contributed by atoms with E-state index >= 15 is 0 Å². The Morgan fingerprint density at radius 2 is 1.79 bits per heavy atom. The molecule has 0 amide bonds. The van der Waals surface area contributed by atoms with Crippen LogP contribution in [0.15, 0.2) is 12.1 Å². The fraction of sp³-hybridized carbons (Fsp3) is 0.222. The van der Waals surface area contributed by atoms with Crippen LogP contribution in [0.1, 0.15) is 12.5 Å². The number of hydrogen-bond donors (Lipinski definition) is 4. The zero-order valence-electron chi connectivity index (χ0n) is 7.61. The van der Waals surface area contributed by atoms with Gasteiger partial charge in [0.15, 0.2) is 17.2 Å². The summed E-state index contributed by atoms with van der Waals surface area (Å²) in [5.74, 6) is -1.73. The van der Waals surface area contributed by atoms with Crippen LogP contribution < -0.4 is 0 Å². The molecule has 0 radical (unpaired) electrons. The van der Waals surface area contributed by atoms with Gasteiger partial charge in [0.2, 0.25) is 5.90 Å². The van der Waals surface area contributed by atoms with Crippen LogP contribution in [0.3, 0.4) is 0 Å². The van der Waals surface area contributed by atoms with E-state index in [9.17, 15) is 0 Å². The van der Waals surface area contributed by atoms with Crippen molar-refractivity contribution >= 4 is 5.90 Å². The third kappa shape index (κ3) is 1.87. The molecule has 5 heteroatoms. The van der Waals surface area contributed by atoms with Crippen LogP contribution in [0.4, 0.5) is 0 Å². The summed E-state index contributed by atoms with van der Waals surface area (Å²) in [7, 11) is 0. The largest absolute Gasteiger partial charge is 0.504 e. The minimum Gasteiger partial charge on any atom is -0.504 e. The van der Waals surface area contributed by atoms with Crippen LogP contribution in [-0.2, 0) is 4.74 Å². The van der Waals surface area contributed by atoms with E-state index in [0.29, 0.717) is 6.61 Å². The van der Waals surface area contributed by atoms with Crippen LogP contribution in [0.25, 0.3) is 0 Å². The van der Waals surface area contributed by atoms with E-state index in [1.165, 1.54) is 0 Å². The van der Waals surface area contributed by atoms with E-state index in [4.69, 9.17) is 25.5 Å². The molecule has 5 nitrogen and oxygen atoms in total. The highest BCUT2D eigenvalue weighted by atomic mass is 16.5. The van der Waals surface area contributed by atoms with Crippen molar-refractivity contribution in [2.75, 3.05) is 6.61 Å². The number of hydrogen-bond acceptors (Lipinski definition) is 5. The van der Waals surface area contributed by atoms with Gasteiger partial charge in [-0.1, -0.05) is 0 Å². The van der Waals surface area contributed by atoms with Gasteiger partial charge in [-0.15, -0.1) is 0 Å². The summed E-state index contributed by atoms with van der Waals surface area (Å²) in [6, 6.07) is 2.29. The predicted octanol–water partition coefficient (Wildman–Crippen LogP) is 1.17. The second kappa shape index (κ2) is 3.87. The van der Waals surface area contributed by atoms with Crippen molar-refractivity contribution in [3.63, 3.8) is 0 Å². The average Bonchev–Trinajstić information content (AvgIpc) is 2.13. The lowest BCUT2D eigenvalue weighted by Crippen LogP contribution is -2.04. The van der Waals surface area contributed by atoms with E-state index in [1.807, 2.05) is 0 Å². The third-order valence-corrected chi connectivity index (χ3v) is 1.62. The number of benzene rings is 1. The molecule has 0 atom stereocenters. The minimum atomic E-state index is -0.599. The Labute approximate surface area is 80.7 Å². The van der Waals surface area contributed by atoms with Crippen molar-refractivity contribution in [1.29, 1.82) is 5.41 Å². The van der Waals surface area contributed by atoms with Crippen molar-refractivity contribution < 1.29 is 20.1 Å². The molecule has 0 saturated heterocycles. The zero-order valence-corrected chi connectivity index (χ0v) is 7.61. The topological polar surface area (TPSA) is 93.8 Å². The Hall–Kier alpha value is -1.91. The van der Waals surface area contributed by atoms with Gasteiger partial charge in [-0.3, -0.25) is 5.41 Å². The Kier molecular flexibility index (Phi) is 2.81. The molecule has 1 aromatic rings. The molecule has 0 aliphatic rings. The third-order valence-electron chi connectivity index (χ3n) is 1.62. The molecule has 1 rings (SSSR count). The Morgan fingerprint density at radius 1 is 1.29 bits per heavy atom. The molecule has 4 N–H and O–H groups in total. The first kappa shape index (κ1) is 10.2. The van der Waals surface area contributed by atoms with Gasteiger partial charge in [-0.2, -0.15) is 0 Å². The van der Waals surface area contributed by atoms with Gasteiger partial charge in [0.05, 0.1) is 6.61 Å². The first-order chi connectivity index (χ1) is 6.56. The fourth-order valence-electron chi connectivity index (χ4n) is 0.963. The van der Waals surface area contributed by atoms with Crippen LogP contribution in [0, 0.1) is 5.41 Å². The maximum Gasteiger partial charge on any atom is 0.213 e. The van der Waals surface area contributed by atoms with Crippen molar-refractivity contribution in [2.24, 2.45) is 0 Å². The first-order valence-electron chi connectivity index (χ1n) is 4.03. The van der Waals surface area contributed by atoms with Crippen LogP contribution in [0.2, 0.25) is 0 Å². The van der Waals surface area contributed by atoms with Crippen molar-refractivity contribution in [2.45, 2.75) is 6.92 Å². The smallest absolute Gasteiger partial charge is 0.213 e. The van der Waals surface area contributed by atoms with Gasteiger partial charge < -0.3 is 20.1 Å². The van der Waals surface area contributed by atoms with Gasteiger partial charge in [0.25, 0.3) is 0 Å². The SMILES string of the molecule is CCOC(=N)c1cc(O)c(O)c(O)c1. The highest BCUT2D eigenvalue weighted by Gasteiger charge is 2.11. The number of nitrogens with one attached hydrogen (secondary N) is 1. The standard InChI is InChI=1S/C9H11NO4/c1-2-14-9(10)5-3-6(11)8(13)7(12)4-5/h3-4,10-13H,2H2,1H3. The van der Waals surface area contributed by atoms with Gasteiger partial charge in [-0.25, -0.2) is 0 Å². The molecule has 76 valence electrons. The lowest BCUT2D eigenvalue weighted by atomic mass is 10.2. The number of rotatable bonds is 2. The zero-order chi connectivity index (χ0) is 10.7. The van der Waals surface area contributed by atoms with E-state index < -0.39 is 17.2 Å². The minimum absolute atomic E-state index is 0.168. The molecule has 0 aliphatic heterocycles. The summed E-state index contributed by atoms with van der Waals surface area (Å²) in [5, 5.41) is 34.7. The summed E-state index contributed by atoms with van der Waals surface area (Å²) in [6.45, 7) is 2.04. The van der Waals surface area contributed by atoms with E-state index in [0.717, 1.165) is 12.1 Å². The van der Waals surface area contributed by atoms with Gasteiger partial charge in [0.1, 0.15) is 0 Å². The molecule has 0 spiro atoms. The number of phenolic OH excluding ortho intramolecular Hbond substituents is 3. The lowest BCUT2D eigenvalue weighted by Gasteiger charge is -2.07. The summed E-state index contributed by atoms with van der Waals surface area (Å²) in [6.07, 6.45) is 0. The number of phenols is 3. The average molecular weight is 197 g/mol. The molecule has 0 fully saturated rings. The van der Waals surface area contributed by atoms with Crippen LogP contribution in [0.5, 0.6) is 17.2 Å².